The van der Waals surface area contributed by atoms with Gasteiger partial charge in [0.2, 0.25) is 0 Å². The zero-order valence-corrected chi connectivity index (χ0v) is 12.2. The monoisotopic (exact) mass is 333 g/mol. The van der Waals surface area contributed by atoms with Gasteiger partial charge in [0.1, 0.15) is 5.75 Å². The first-order chi connectivity index (χ1) is 7.75. The molecule has 1 aromatic heterocycles. The minimum absolute atomic E-state index is 0. The summed E-state index contributed by atoms with van der Waals surface area (Å²) in [6.45, 7) is 1.50. The van der Waals surface area contributed by atoms with E-state index in [1.165, 1.54) is 5.56 Å². The SMILES string of the molecule is Cl.Oc1ccc(Br)cc1CNCc1ccsc1. The summed E-state index contributed by atoms with van der Waals surface area (Å²) < 4.78 is 0.984. The summed E-state index contributed by atoms with van der Waals surface area (Å²) in [6, 6.07) is 7.55. The van der Waals surface area contributed by atoms with E-state index in [9.17, 15) is 5.11 Å². The third-order valence-electron chi connectivity index (χ3n) is 2.27. The molecule has 1 heterocycles. The number of thiophene rings is 1. The molecule has 0 aliphatic rings. The Morgan fingerprint density at radius 1 is 1.24 bits per heavy atom. The molecule has 1 aromatic carbocycles. The lowest BCUT2D eigenvalue weighted by atomic mass is 10.2. The van der Waals surface area contributed by atoms with Crippen LogP contribution in [0.3, 0.4) is 0 Å². The summed E-state index contributed by atoms with van der Waals surface area (Å²) in [5.74, 6) is 0.334. The number of hydrogen-bond acceptors (Lipinski definition) is 3. The second-order valence-corrected chi connectivity index (χ2v) is 5.20. The highest BCUT2D eigenvalue weighted by molar-refractivity contribution is 9.10. The van der Waals surface area contributed by atoms with E-state index in [0.717, 1.165) is 16.6 Å². The van der Waals surface area contributed by atoms with Gasteiger partial charge in [-0.3, -0.25) is 0 Å². The standard InChI is InChI=1S/C12H12BrNOS.ClH/c13-11-1-2-12(15)10(5-11)7-14-6-9-3-4-16-8-9;/h1-5,8,14-15H,6-7H2;1H. The highest BCUT2D eigenvalue weighted by atomic mass is 79.9. The van der Waals surface area contributed by atoms with Crippen molar-refractivity contribution in [2.24, 2.45) is 0 Å². The van der Waals surface area contributed by atoms with Crippen molar-refractivity contribution in [3.8, 4) is 5.75 Å². The number of hydrogen-bond donors (Lipinski definition) is 2. The molecule has 0 amide bonds. The van der Waals surface area contributed by atoms with Crippen molar-refractivity contribution >= 4 is 39.7 Å². The third-order valence-corrected chi connectivity index (χ3v) is 3.49. The first kappa shape index (κ1) is 14.5. The van der Waals surface area contributed by atoms with Gasteiger partial charge < -0.3 is 10.4 Å². The molecule has 2 rings (SSSR count). The summed E-state index contributed by atoms with van der Waals surface area (Å²) in [7, 11) is 0. The average Bonchev–Trinajstić information content (AvgIpc) is 2.76. The van der Waals surface area contributed by atoms with Crippen molar-refractivity contribution in [1.82, 2.24) is 5.32 Å². The number of phenolic OH excluding ortho intramolecular Hbond substituents is 1. The normalized spacial score (nSPS) is 9.94. The van der Waals surface area contributed by atoms with E-state index < -0.39 is 0 Å². The van der Waals surface area contributed by atoms with Crippen LogP contribution in [0.1, 0.15) is 11.1 Å². The van der Waals surface area contributed by atoms with Gasteiger partial charge in [0, 0.05) is 23.1 Å². The van der Waals surface area contributed by atoms with Crippen LogP contribution in [0.5, 0.6) is 5.75 Å². The van der Waals surface area contributed by atoms with Gasteiger partial charge in [-0.25, -0.2) is 0 Å². The predicted molar refractivity (Wildman–Crippen MR) is 77.9 cm³/mol. The third kappa shape index (κ3) is 4.32. The molecule has 0 fully saturated rings. The second kappa shape index (κ2) is 7.01. The maximum atomic E-state index is 9.63. The average molecular weight is 335 g/mol. The molecule has 0 spiro atoms. The van der Waals surface area contributed by atoms with Crippen molar-refractivity contribution in [2.45, 2.75) is 13.1 Å². The Bertz CT molecular complexity index is 462. The van der Waals surface area contributed by atoms with E-state index in [-0.39, 0.29) is 12.4 Å². The van der Waals surface area contributed by atoms with Crippen LogP contribution in [-0.2, 0) is 13.1 Å². The minimum atomic E-state index is 0. The van der Waals surface area contributed by atoms with Crippen LogP contribution < -0.4 is 5.32 Å². The molecule has 0 bridgehead atoms. The first-order valence-electron chi connectivity index (χ1n) is 4.95. The molecular weight excluding hydrogens is 322 g/mol. The van der Waals surface area contributed by atoms with Crippen LogP contribution in [0.25, 0.3) is 0 Å². The van der Waals surface area contributed by atoms with Gasteiger partial charge in [0.15, 0.2) is 0 Å². The van der Waals surface area contributed by atoms with Crippen molar-refractivity contribution in [2.75, 3.05) is 0 Å². The van der Waals surface area contributed by atoms with Gasteiger partial charge in [-0.1, -0.05) is 15.9 Å². The van der Waals surface area contributed by atoms with E-state index in [1.54, 1.807) is 17.4 Å². The molecule has 2 N–H and O–H groups in total. The second-order valence-electron chi connectivity index (χ2n) is 3.51. The molecule has 5 heteroatoms. The van der Waals surface area contributed by atoms with Gasteiger partial charge in [-0.05, 0) is 40.6 Å². The van der Waals surface area contributed by atoms with Gasteiger partial charge in [-0.15, -0.1) is 12.4 Å². The summed E-state index contributed by atoms with van der Waals surface area (Å²) in [5.41, 5.74) is 2.18. The molecule has 0 aliphatic heterocycles. The fraction of sp³-hybridized carbons (Fsp3) is 0.167. The highest BCUT2D eigenvalue weighted by Gasteiger charge is 2.01. The molecule has 0 radical (unpaired) electrons. The van der Waals surface area contributed by atoms with E-state index in [2.05, 4.69) is 38.1 Å². The molecule has 0 aliphatic carbocycles. The minimum Gasteiger partial charge on any atom is -0.508 e. The van der Waals surface area contributed by atoms with Crippen molar-refractivity contribution < 1.29 is 5.11 Å². The zero-order valence-electron chi connectivity index (χ0n) is 9.02. The van der Waals surface area contributed by atoms with E-state index in [0.29, 0.717) is 12.3 Å². The Labute approximate surface area is 119 Å². The first-order valence-corrected chi connectivity index (χ1v) is 6.68. The van der Waals surface area contributed by atoms with Gasteiger partial charge in [0.05, 0.1) is 0 Å². The van der Waals surface area contributed by atoms with E-state index in [4.69, 9.17) is 0 Å². The largest absolute Gasteiger partial charge is 0.508 e. The van der Waals surface area contributed by atoms with Crippen LogP contribution >= 0.6 is 39.7 Å². The predicted octanol–water partition coefficient (Wildman–Crippen LogP) is 3.93. The van der Waals surface area contributed by atoms with Crippen LogP contribution in [-0.4, -0.2) is 5.11 Å². The number of rotatable bonds is 4. The van der Waals surface area contributed by atoms with Crippen LogP contribution in [0.2, 0.25) is 0 Å². The Balaban J connectivity index is 0.00000144. The molecule has 17 heavy (non-hydrogen) atoms. The van der Waals surface area contributed by atoms with Crippen molar-refractivity contribution in [1.29, 1.82) is 0 Å². The highest BCUT2D eigenvalue weighted by Crippen LogP contribution is 2.21. The van der Waals surface area contributed by atoms with Crippen LogP contribution in [0, 0.1) is 0 Å². The molecule has 92 valence electrons. The van der Waals surface area contributed by atoms with Gasteiger partial charge in [-0.2, -0.15) is 11.3 Å². The Morgan fingerprint density at radius 2 is 2.06 bits per heavy atom. The van der Waals surface area contributed by atoms with Gasteiger partial charge in [0.25, 0.3) is 0 Å². The van der Waals surface area contributed by atoms with Crippen molar-refractivity contribution in [3.63, 3.8) is 0 Å². The fourth-order valence-electron chi connectivity index (χ4n) is 1.43. The molecule has 0 saturated heterocycles. The number of phenols is 1. The van der Waals surface area contributed by atoms with Crippen LogP contribution in [0.15, 0.2) is 39.5 Å². The molecule has 0 unspecified atom stereocenters. The molecular formula is C12H13BrClNOS. The van der Waals surface area contributed by atoms with E-state index in [1.807, 2.05) is 12.1 Å². The Morgan fingerprint density at radius 3 is 2.76 bits per heavy atom. The number of halogens is 2. The van der Waals surface area contributed by atoms with E-state index >= 15 is 0 Å². The quantitative estimate of drug-likeness (QED) is 0.888. The molecule has 2 aromatic rings. The fourth-order valence-corrected chi connectivity index (χ4v) is 2.51. The zero-order chi connectivity index (χ0) is 11.4. The molecule has 0 atom stereocenters. The number of nitrogens with one attached hydrogen (secondary N) is 1. The summed E-state index contributed by atoms with van der Waals surface area (Å²) in [6.07, 6.45) is 0. The smallest absolute Gasteiger partial charge is 0.120 e. The lowest BCUT2D eigenvalue weighted by molar-refractivity contribution is 0.464. The summed E-state index contributed by atoms with van der Waals surface area (Å²) in [4.78, 5) is 0. The Hall–Kier alpha value is -0.550. The number of benzene rings is 1. The number of aromatic hydroxyl groups is 1. The maximum Gasteiger partial charge on any atom is 0.120 e. The summed E-state index contributed by atoms with van der Waals surface area (Å²) >= 11 is 5.08. The maximum absolute atomic E-state index is 9.63. The lowest BCUT2D eigenvalue weighted by Gasteiger charge is -2.06. The Kier molecular flexibility index (Phi) is 5.98. The van der Waals surface area contributed by atoms with Gasteiger partial charge >= 0.3 is 0 Å². The molecule has 2 nitrogen and oxygen atoms in total. The lowest BCUT2D eigenvalue weighted by Crippen LogP contribution is -2.12. The topological polar surface area (TPSA) is 32.3 Å². The molecule has 0 saturated carbocycles. The van der Waals surface area contributed by atoms with Crippen molar-refractivity contribution in [3.05, 3.63) is 50.6 Å². The summed E-state index contributed by atoms with van der Waals surface area (Å²) in [5, 5.41) is 17.1. The van der Waals surface area contributed by atoms with Crippen LogP contribution in [0.4, 0.5) is 0 Å².